The van der Waals surface area contributed by atoms with Gasteiger partial charge in [-0.15, -0.1) is 11.3 Å². The Morgan fingerprint density at radius 1 is 1.36 bits per heavy atom. The molecule has 0 bridgehead atoms. The summed E-state index contributed by atoms with van der Waals surface area (Å²) in [4.78, 5) is 15.8. The lowest BCUT2D eigenvalue weighted by Gasteiger charge is -2.33. The lowest BCUT2D eigenvalue weighted by molar-refractivity contribution is -0.147. The number of fused-ring (bicyclic) bond motifs is 1. The van der Waals surface area contributed by atoms with Crippen LogP contribution in [0.3, 0.4) is 0 Å². The molecule has 1 aromatic carbocycles. The van der Waals surface area contributed by atoms with Gasteiger partial charge in [-0.1, -0.05) is 29.8 Å². The van der Waals surface area contributed by atoms with E-state index in [1.165, 1.54) is 24.5 Å². The molecule has 2 aromatic rings. The van der Waals surface area contributed by atoms with Crippen LogP contribution in [-0.2, 0) is 37.1 Å². The van der Waals surface area contributed by atoms with E-state index in [9.17, 15) is 13.2 Å². The minimum atomic E-state index is -4.17. The molecule has 1 aliphatic rings. The lowest BCUT2D eigenvalue weighted by atomic mass is 10.0. The summed E-state index contributed by atoms with van der Waals surface area (Å²) in [5, 5.41) is 2.71. The molecular weight excluding hydrogens is 426 g/mol. The van der Waals surface area contributed by atoms with Crippen molar-refractivity contribution in [2.24, 2.45) is 0 Å². The third kappa shape index (κ3) is 6.26. The molecule has 154 valence electrons. The van der Waals surface area contributed by atoms with Crippen LogP contribution in [0.4, 0.5) is 0 Å². The number of carbonyl (C=O) groups is 1. The fourth-order valence-corrected chi connectivity index (χ4v) is 4.35. The van der Waals surface area contributed by atoms with Gasteiger partial charge in [0.2, 0.25) is 0 Å². The van der Waals surface area contributed by atoms with Crippen molar-refractivity contribution >= 4 is 39.3 Å². The second-order valence-corrected chi connectivity index (χ2v) is 8.37. The first kappa shape index (κ1) is 22.8. The van der Waals surface area contributed by atoms with Crippen molar-refractivity contribution in [1.82, 2.24) is 4.90 Å². The maximum Gasteiger partial charge on any atom is 0.397 e. The molecule has 2 heterocycles. The number of halogens is 1. The summed E-state index contributed by atoms with van der Waals surface area (Å²) in [5.41, 5.74) is 2.11. The minimum Gasteiger partial charge on any atom is -0.468 e. The normalized spacial score (nSPS) is 15.1. The van der Waals surface area contributed by atoms with E-state index in [1.54, 1.807) is 11.3 Å². The van der Waals surface area contributed by atoms with Gasteiger partial charge in [0.15, 0.2) is 0 Å². The third-order valence-corrected chi connectivity index (χ3v) is 5.99. The molecule has 0 saturated carbocycles. The van der Waals surface area contributed by atoms with Gasteiger partial charge in [0.05, 0.1) is 13.7 Å². The fourth-order valence-electron chi connectivity index (χ4n) is 2.92. The van der Waals surface area contributed by atoms with Crippen LogP contribution in [0.25, 0.3) is 0 Å². The molecule has 28 heavy (non-hydrogen) atoms. The monoisotopic (exact) mass is 447 g/mol. The van der Waals surface area contributed by atoms with Crippen LogP contribution < -0.4 is 0 Å². The summed E-state index contributed by atoms with van der Waals surface area (Å²) in [7, 11) is -2.75. The first-order valence-electron chi connectivity index (χ1n) is 8.50. The molecule has 0 unspecified atom stereocenters. The topological polar surface area (TPSA) is 93.1 Å². The number of carbonyl (C=O) groups excluding carboxylic acids is 1. The number of methoxy groups -OCH3 is 1. The van der Waals surface area contributed by atoms with E-state index in [0.717, 1.165) is 25.1 Å². The van der Waals surface area contributed by atoms with Crippen LogP contribution in [0.15, 0.2) is 35.7 Å². The molecule has 1 atom stereocenters. The van der Waals surface area contributed by atoms with Crippen LogP contribution in [0, 0.1) is 0 Å². The molecule has 3 rings (SSSR count). The zero-order chi connectivity index (χ0) is 20.7. The van der Waals surface area contributed by atoms with Crippen LogP contribution in [0.2, 0.25) is 5.02 Å². The molecule has 0 saturated heterocycles. The zero-order valence-corrected chi connectivity index (χ0v) is 17.9. The number of thiophene rings is 1. The number of nitrogens with zero attached hydrogens (tertiary/aromatic N) is 1. The summed E-state index contributed by atoms with van der Waals surface area (Å²) in [5.74, 6) is -0.262. The summed E-state index contributed by atoms with van der Waals surface area (Å²) in [6, 6.07) is 9.16. The average Bonchev–Trinajstić information content (AvgIpc) is 3.11. The minimum absolute atomic E-state index is 0.0289. The molecule has 1 aliphatic heterocycles. The van der Waals surface area contributed by atoms with Gasteiger partial charge in [-0.25, -0.2) is 8.98 Å². The molecule has 0 radical (unpaired) electrons. The number of ether oxygens (including phenoxy) is 1. The summed E-state index contributed by atoms with van der Waals surface area (Å²) < 4.78 is 35.7. The van der Waals surface area contributed by atoms with Crippen molar-refractivity contribution < 1.29 is 26.7 Å². The van der Waals surface area contributed by atoms with Crippen molar-refractivity contribution in [1.29, 1.82) is 0 Å². The van der Waals surface area contributed by atoms with Gasteiger partial charge in [-0.3, -0.25) is 9.45 Å². The predicted molar refractivity (Wildman–Crippen MR) is 108 cm³/mol. The smallest absolute Gasteiger partial charge is 0.397 e. The van der Waals surface area contributed by atoms with E-state index in [-0.39, 0.29) is 12.6 Å². The molecule has 7 nitrogen and oxygen atoms in total. The Morgan fingerprint density at radius 2 is 2.07 bits per heavy atom. The molecule has 0 fully saturated rings. The molecule has 1 aromatic heterocycles. The Labute approximate surface area is 173 Å². The number of hydrogen-bond acceptors (Lipinski definition) is 7. The average molecular weight is 448 g/mol. The molecule has 0 amide bonds. The van der Waals surface area contributed by atoms with Gasteiger partial charge in [0.1, 0.15) is 6.04 Å². The molecule has 0 aliphatic carbocycles. The van der Waals surface area contributed by atoms with Crippen molar-refractivity contribution in [3.63, 3.8) is 0 Å². The fraction of sp³-hybridized carbons (Fsp3) is 0.389. The Bertz CT molecular complexity index is 899. The summed E-state index contributed by atoms with van der Waals surface area (Å²) in [6.45, 7) is 3.02. The van der Waals surface area contributed by atoms with Gasteiger partial charge < -0.3 is 4.74 Å². The number of benzene rings is 1. The van der Waals surface area contributed by atoms with Crippen molar-refractivity contribution in [2.75, 3.05) is 20.3 Å². The first-order valence-corrected chi connectivity index (χ1v) is 11.1. The maximum absolute atomic E-state index is 12.3. The second-order valence-electron chi connectivity index (χ2n) is 5.87. The van der Waals surface area contributed by atoms with E-state index in [4.69, 9.17) is 20.9 Å². The van der Waals surface area contributed by atoms with Crippen LogP contribution >= 0.6 is 22.9 Å². The predicted octanol–water partition coefficient (Wildman–Crippen LogP) is 3.50. The molecule has 1 N–H and O–H groups in total. The van der Waals surface area contributed by atoms with Crippen LogP contribution in [-0.4, -0.2) is 44.1 Å². The van der Waals surface area contributed by atoms with Crippen LogP contribution in [0.5, 0.6) is 0 Å². The molecule has 0 spiro atoms. The van der Waals surface area contributed by atoms with Gasteiger partial charge >= 0.3 is 16.4 Å². The Morgan fingerprint density at radius 3 is 2.64 bits per heavy atom. The van der Waals surface area contributed by atoms with E-state index >= 15 is 0 Å². The van der Waals surface area contributed by atoms with E-state index < -0.39 is 16.4 Å². The number of rotatable bonds is 5. The molecular formula is C18H22ClNO6S2. The highest BCUT2D eigenvalue weighted by Crippen LogP contribution is 2.33. The summed E-state index contributed by atoms with van der Waals surface area (Å²) >= 11 is 8.07. The number of esters is 1. The van der Waals surface area contributed by atoms with Gasteiger partial charge in [-0.05, 0) is 42.0 Å². The van der Waals surface area contributed by atoms with Crippen molar-refractivity contribution in [2.45, 2.75) is 25.9 Å². The van der Waals surface area contributed by atoms with E-state index in [2.05, 4.69) is 20.5 Å². The van der Waals surface area contributed by atoms with E-state index in [0.29, 0.717) is 5.02 Å². The summed E-state index contributed by atoms with van der Waals surface area (Å²) in [6.07, 6.45) is 0.963. The van der Waals surface area contributed by atoms with Gasteiger partial charge in [-0.2, -0.15) is 8.42 Å². The third-order valence-electron chi connectivity index (χ3n) is 4.09. The Balaban J connectivity index is 0.000000345. The lowest BCUT2D eigenvalue weighted by Crippen LogP contribution is -2.38. The largest absolute Gasteiger partial charge is 0.468 e. The first-order chi connectivity index (χ1) is 13.3. The highest BCUT2D eigenvalue weighted by molar-refractivity contribution is 7.80. The highest BCUT2D eigenvalue weighted by atomic mass is 35.5. The maximum atomic E-state index is 12.3. The zero-order valence-electron chi connectivity index (χ0n) is 15.5. The van der Waals surface area contributed by atoms with E-state index in [1.807, 2.05) is 24.3 Å². The van der Waals surface area contributed by atoms with Gasteiger partial charge in [0.25, 0.3) is 0 Å². The van der Waals surface area contributed by atoms with Gasteiger partial charge in [0, 0.05) is 23.0 Å². The highest BCUT2D eigenvalue weighted by Gasteiger charge is 2.32. The van der Waals surface area contributed by atoms with Crippen LogP contribution in [0.1, 0.15) is 29.0 Å². The standard InChI is InChI=1S/C16H16ClNO2S.C2H6O4S/c1-20-16(19)15(12-4-2-3-5-13(12)17)18-8-6-14-11(10-18)7-9-21-14;1-2-6-7(3,4)5/h2-5,7,9,15H,6,8,10H2,1H3;2H2,1H3,(H,3,4,5)/t15-;/m0./s1. The Hall–Kier alpha value is -1.49. The number of hydrogen-bond donors (Lipinski definition) is 1. The van der Waals surface area contributed by atoms with Crippen molar-refractivity contribution in [3.05, 3.63) is 56.7 Å². The molecule has 10 heteroatoms. The van der Waals surface area contributed by atoms with Crippen molar-refractivity contribution in [3.8, 4) is 0 Å². The second kappa shape index (κ2) is 10.3. The quantitative estimate of drug-likeness (QED) is 0.553. The Kier molecular flexibility index (Phi) is 8.41. The SMILES string of the molecule is CCOS(=O)(=O)O.COC(=O)[C@H](c1ccccc1Cl)N1CCc2sccc2C1.